The average molecular weight is 243 g/mol. The highest BCUT2D eigenvalue weighted by Gasteiger charge is 1.99. The zero-order valence-electron chi connectivity index (χ0n) is 9.16. The van der Waals surface area contributed by atoms with E-state index >= 15 is 0 Å². The summed E-state index contributed by atoms with van der Waals surface area (Å²) in [5, 5.41) is 3.35. The molecule has 1 aromatic rings. The molecule has 1 aromatic heterocycles. The van der Waals surface area contributed by atoms with Crippen molar-refractivity contribution >= 4 is 23.4 Å². The van der Waals surface area contributed by atoms with E-state index in [2.05, 4.69) is 21.9 Å². The van der Waals surface area contributed by atoms with Crippen LogP contribution in [-0.4, -0.2) is 29.7 Å². The van der Waals surface area contributed by atoms with Crippen LogP contribution in [0.3, 0.4) is 0 Å². The first-order valence-electron chi connectivity index (χ1n) is 4.84. The van der Waals surface area contributed by atoms with E-state index in [-0.39, 0.29) is 5.95 Å². The third kappa shape index (κ3) is 4.95. The van der Waals surface area contributed by atoms with Gasteiger partial charge in [0.2, 0.25) is 5.95 Å². The molecule has 0 amide bonds. The Hall–Kier alpha value is -1.33. The lowest BCUT2D eigenvalue weighted by Gasteiger charge is -2.07. The zero-order valence-corrected chi connectivity index (χ0v) is 9.92. The van der Waals surface area contributed by atoms with E-state index in [1.807, 2.05) is 6.92 Å². The van der Waals surface area contributed by atoms with Gasteiger partial charge >= 0.3 is 0 Å². The van der Waals surface area contributed by atoms with E-state index < -0.39 is 0 Å². The Morgan fingerprint density at radius 1 is 1.62 bits per heavy atom. The average Bonchev–Trinajstić information content (AvgIpc) is 2.15. The molecular weight excluding hydrogens is 228 g/mol. The largest absolute Gasteiger partial charge is 0.375 e. The summed E-state index contributed by atoms with van der Waals surface area (Å²) in [6.45, 7) is 7.40. The number of nitrogens with one attached hydrogen (secondary N) is 1. The van der Waals surface area contributed by atoms with Crippen LogP contribution in [-0.2, 0) is 4.74 Å². The molecule has 0 fully saturated rings. The van der Waals surface area contributed by atoms with Crippen LogP contribution < -0.4 is 11.1 Å². The molecule has 5 nitrogen and oxygen atoms in total. The maximum absolute atomic E-state index is 5.72. The summed E-state index contributed by atoms with van der Waals surface area (Å²) in [7, 11) is 0. The Morgan fingerprint density at radius 2 is 2.38 bits per heavy atom. The fourth-order valence-corrected chi connectivity index (χ4v) is 1.21. The molecule has 0 unspecified atom stereocenters. The van der Waals surface area contributed by atoms with Crippen LogP contribution >= 0.6 is 11.6 Å². The van der Waals surface area contributed by atoms with Gasteiger partial charge in [0.1, 0.15) is 11.0 Å². The molecule has 0 aliphatic carbocycles. The zero-order chi connectivity index (χ0) is 12.0. The second-order valence-electron chi connectivity index (χ2n) is 3.37. The highest BCUT2D eigenvalue weighted by molar-refractivity contribution is 6.29. The predicted octanol–water partition coefficient (Wildman–Crippen LogP) is 1.72. The summed E-state index contributed by atoms with van der Waals surface area (Å²) < 4.78 is 5.31. The topological polar surface area (TPSA) is 73.1 Å². The molecular formula is C10H15ClN4O. The van der Waals surface area contributed by atoms with Crippen molar-refractivity contribution in [3.05, 3.63) is 23.4 Å². The van der Waals surface area contributed by atoms with E-state index in [0.717, 1.165) is 5.57 Å². The molecule has 0 bridgehead atoms. The summed E-state index contributed by atoms with van der Waals surface area (Å²) in [5.41, 5.74) is 6.43. The molecule has 0 spiro atoms. The van der Waals surface area contributed by atoms with Crippen LogP contribution in [0.5, 0.6) is 0 Å². The van der Waals surface area contributed by atoms with Gasteiger partial charge in [-0.1, -0.05) is 23.8 Å². The number of hydrogen-bond acceptors (Lipinski definition) is 5. The van der Waals surface area contributed by atoms with Crippen LogP contribution in [0.25, 0.3) is 0 Å². The van der Waals surface area contributed by atoms with E-state index in [0.29, 0.717) is 30.7 Å². The number of rotatable bonds is 6. The van der Waals surface area contributed by atoms with Crippen LogP contribution in [0, 0.1) is 0 Å². The van der Waals surface area contributed by atoms with Gasteiger partial charge in [-0.2, -0.15) is 4.98 Å². The lowest BCUT2D eigenvalue weighted by Crippen LogP contribution is -2.12. The molecule has 16 heavy (non-hydrogen) atoms. The van der Waals surface area contributed by atoms with E-state index in [4.69, 9.17) is 22.1 Å². The fraction of sp³-hybridized carbons (Fsp3) is 0.400. The van der Waals surface area contributed by atoms with Crippen molar-refractivity contribution in [2.75, 3.05) is 30.8 Å². The van der Waals surface area contributed by atoms with Crippen LogP contribution in [0.2, 0.25) is 5.15 Å². The Bertz CT molecular complexity index is 350. The minimum atomic E-state index is 0.151. The standard InChI is InChI=1S/C10H15ClN4O/c1-7(2)6-16-4-3-13-9-5-8(11)14-10(12)15-9/h5H,1,3-4,6H2,2H3,(H3,12,13,14,15). The first-order chi connectivity index (χ1) is 7.58. The molecule has 0 saturated heterocycles. The maximum Gasteiger partial charge on any atom is 0.223 e. The molecule has 6 heteroatoms. The van der Waals surface area contributed by atoms with Crippen LogP contribution in [0.15, 0.2) is 18.2 Å². The molecule has 0 aliphatic heterocycles. The van der Waals surface area contributed by atoms with Crippen LogP contribution in [0.1, 0.15) is 6.92 Å². The Labute approximate surface area is 99.7 Å². The van der Waals surface area contributed by atoms with Gasteiger partial charge in [0, 0.05) is 12.6 Å². The highest BCUT2D eigenvalue weighted by Crippen LogP contribution is 2.11. The fourth-order valence-electron chi connectivity index (χ4n) is 1.02. The summed E-state index contributed by atoms with van der Waals surface area (Å²) in [4.78, 5) is 7.72. The lowest BCUT2D eigenvalue weighted by molar-refractivity contribution is 0.167. The van der Waals surface area contributed by atoms with Gasteiger partial charge in [0.25, 0.3) is 0 Å². The number of aromatic nitrogens is 2. The smallest absolute Gasteiger partial charge is 0.223 e. The normalized spacial score (nSPS) is 10.1. The number of nitrogen functional groups attached to an aromatic ring is 1. The molecule has 1 heterocycles. The molecule has 88 valence electrons. The molecule has 0 radical (unpaired) electrons. The second-order valence-corrected chi connectivity index (χ2v) is 3.76. The quantitative estimate of drug-likeness (QED) is 0.451. The third-order valence-electron chi connectivity index (χ3n) is 1.61. The van der Waals surface area contributed by atoms with Crippen molar-refractivity contribution in [3.8, 4) is 0 Å². The van der Waals surface area contributed by atoms with E-state index in [9.17, 15) is 0 Å². The second kappa shape index (κ2) is 6.30. The van der Waals surface area contributed by atoms with Crippen molar-refractivity contribution < 1.29 is 4.74 Å². The van der Waals surface area contributed by atoms with Crippen molar-refractivity contribution in [1.82, 2.24) is 9.97 Å². The third-order valence-corrected chi connectivity index (χ3v) is 1.81. The van der Waals surface area contributed by atoms with Gasteiger partial charge in [-0.25, -0.2) is 4.98 Å². The molecule has 0 aromatic carbocycles. The predicted molar refractivity (Wildman–Crippen MR) is 65.6 cm³/mol. The van der Waals surface area contributed by atoms with Crippen molar-refractivity contribution in [1.29, 1.82) is 0 Å². The summed E-state index contributed by atoms with van der Waals surface area (Å²) in [6, 6.07) is 1.61. The molecule has 0 aliphatic rings. The minimum absolute atomic E-state index is 0.151. The summed E-state index contributed by atoms with van der Waals surface area (Å²) >= 11 is 5.72. The van der Waals surface area contributed by atoms with Crippen molar-refractivity contribution in [3.63, 3.8) is 0 Å². The van der Waals surface area contributed by atoms with Gasteiger partial charge in [0.05, 0.1) is 13.2 Å². The molecule has 1 rings (SSSR count). The van der Waals surface area contributed by atoms with Crippen LogP contribution in [0.4, 0.5) is 11.8 Å². The first kappa shape index (κ1) is 12.7. The number of hydrogen-bond donors (Lipinski definition) is 2. The van der Waals surface area contributed by atoms with Gasteiger partial charge in [0.15, 0.2) is 0 Å². The first-order valence-corrected chi connectivity index (χ1v) is 5.22. The minimum Gasteiger partial charge on any atom is -0.375 e. The number of ether oxygens (including phenoxy) is 1. The number of nitrogens with zero attached hydrogens (tertiary/aromatic N) is 2. The summed E-state index contributed by atoms with van der Waals surface area (Å²) in [5.74, 6) is 0.745. The Morgan fingerprint density at radius 3 is 3.00 bits per heavy atom. The lowest BCUT2D eigenvalue weighted by atomic mass is 10.4. The number of anilines is 2. The Balaban J connectivity index is 2.29. The van der Waals surface area contributed by atoms with E-state index in [1.165, 1.54) is 0 Å². The highest BCUT2D eigenvalue weighted by atomic mass is 35.5. The Kier molecular flexibility index (Phi) is 5.01. The molecule has 3 N–H and O–H groups in total. The summed E-state index contributed by atoms with van der Waals surface area (Å²) in [6.07, 6.45) is 0. The van der Waals surface area contributed by atoms with Crippen molar-refractivity contribution in [2.24, 2.45) is 0 Å². The van der Waals surface area contributed by atoms with Gasteiger partial charge in [-0.05, 0) is 6.92 Å². The van der Waals surface area contributed by atoms with Gasteiger partial charge < -0.3 is 15.8 Å². The van der Waals surface area contributed by atoms with E-state index in [1.54, 1.807) is 6.07 Å². The van der Waals surface area contributed by atoms with Gasteiger partial charge in [-0.3, -0.25) is 0 Å². The van der Waals surface area contributed by atoms with Gasteiger partial charge in [-0.15, -0.1) is 0 Å². The number of halogens is 1. The maximum atomic E-state index is 5.72. The number of nitrogens with two attached hydrogens (primary N) is 1. The molecule has 0 saturated carbocycles. The monoisotopic (exact) mass is 242 g/mol. The SMILES string of the molecule is C=C(C)COCCNc1cc(Cl)nc(N)n1. The molecule has 0 atom stereocenters. The van der Waals surface area contributed by atoms with Crippen molar-refractivity contribution in [2.45, 2.75) is 6.92 Å².